The van der Waals surface area contributed by atoms with E-state index in [-0.39, 0.29) is 5.82 Å². The third kappa shape index (κ3) is 5.79. The maximum absolute atomic E-state index is 13.1. The molecule has 0 aliphatic heterocycles. The third-order valence-electron chi connectivity index (χ3n) is 4.52. The van der Waals surface area contributed by atoms with Crippen LogP contribution in [0.2, 0.25) is 0 Å². The van der Waals surface area contributed by atoms with Crippen molar-refractivity contribution in [1.29, 1.82) is 0 Å². The summed E-state index contributed by atoms with van der Waals surface area (Å²) in [7, 11) is 4.03. The fourth-order valence-corrected chi connectivity index (χ4v) is 2.92. The van der Waals surface area contributed by atoms with E-state index < -0.39 is 0 Å². The van der Waals surface area contributed by atoms with Gasteiger partial charge in [0.1, 0.15) is 23.1 Å². The van der Waals surface area contributed by atoms with Crippen LogP contribution in [0.3, 0.4) is 0 Å². The summed E-state index contributed by atoms with van der Waals surface area (Å²) in [4.78, 5) is 11.2. The fourth-order valence-electron chi connectivity index (χ4n) is 2.92. The van der Waals surface area contributed by atoms with Crippen LogP contribution >= 0.6 is 0 Å². The minimum atomic E-state index is -0.273. The highest BCUT2D eigenvalue weighted by Crippen LogP contribution is 2.23. The molecule has 0 amide bonds. The molecule has 164 valence electrons. The monoisotopic (exact) mass is 433 g/mol. The van der Waals surface area contributed by atoms with Crippen LogP contribution in [0.15, 0.2) is 59.2 Å². The van der Waals surface area contributed by atoms with Gasteiger partial charge in [0.25, 0.3) is 0 Å². The molecule has 4 rings (SSSR count). The van der Waals surface area contributed by atoms with Gasteiger partial charge < -0.3 is 20.0 Å². The molecule has 0 aliphatic carbocycles. The molecule has 0 radical (unpaired) electrons. The normalized spacial score (nSPS) is 11.4. The molecule has 0 aliphatic rings. The van der Waals surface area contributed by atoms with E-state index in [2.05, 4.69) is 35.7 Å². The number of hydrogen-bond acceptors (Lipinski definition) is 7. The van der Waals surface area contributed by atoms with Crippen molar-refractivity contribution in [3.63, 3.8) is 0 Å². The molecule has 8 nitrogen and oxygen atoms in total. The van der Waals surface area contributed by atoms with Crippen molar-refractivity contribution in [2.24, 2.45) is 0 Å². The summed E-state index contributed by atoms with van der Waals surface area (Å²) in [6.07, 6.45) is 5.24. The number of anilines is 3. The second-order valence-corrected chi connectivity index (χ2v) is 7.38. The van der Waals surface area contributed by atoms with Crippen LogP contribution in [0, 0.1) is 5.82 Å². The lowest BCUT2D eigenvalue weighted by Crippen LogP contribution is -2.21. The van der Waals surface area contributed by atoms with Gasteiger partial charge in [0, 0.05) is 25.2 Å². The number of nitrogens with one attached hydrogen (secondary N) is 3. The van der Waals surface area contributed by atoms with E-state index >= 15 is 0 Å². The van der Waals surface area contributed by atoms with E-state index in [9.17, 15) is 4.39 Å². The van der Waals surface area contributed by atoms with Gasteiger partial charge in [-0.05, 0) is 50.0 Å². The van der Waals surface area contributed by atoms with Gasteiger partial charge in [0.15, 0.2) is 17.4 Å². The maximum Gasteiger partial charge on any atom is 0.156 e. The molecule has 3 N–H and O–H groups in total. The van der Waals surface area contributed by atoms with E-state index in [4.69, 9.17) is 4.42 Å². The predicted molar refractivity (Wildman–Crippen MR) is 124 cm³/mol. The highest BCUT2D eigenvalue weighted by molar-refractivity contribution is 5.69. The topological polar surface area (TPSA) is 94.9 Å². The number of aromatic amines is 1. The van der Waals surface area contributed by atoms with Gasteiger partial charge in [-0.3, -0.25) is 5.10 Å². The average molecular weight is 433 g/mol. The highest BCUT2D eigenvalue weighted by atomic mass is 19.1. The SMILES string of the molecule is CN(C)CCNc1cc(Nc2cc(-c3ccco3)[nH]n2)nc(C=Cc2ccc(F)cc2)n1. The average Bonchev–Trinajstić information content (AvgIpc) is 3.45. The van der Waals surface area contributed by atoms with Crippen molar-refractivity contribution in [1.82, 2.24) is 25.1 Å². The molecular formula is C23H24FN7O. The summed E-state index contributed by atoms with van der Waals surface area (Å²) in [5.41, 5.74) is 1.61. The smallest absolute Gasteiger partial charge is 0.156 e. The summed E-state index contributed by atoms with van der Waals surface area (Å²) in [5.74, 6) is 2.80. The van der Waals surface area contributed by atoms with Crippen molar-refractivity contribution in [3.05, 3.63) is 72.0 Å². The standard InChI is InChI=1S/C23H24FN7O/c1-31(2)12-11-25-21-15-22(28-23-14-18(29-30-23)19-4-3-13-32-19)27-20(26-21)10-7-16-5-8-17(24)9-6-16/h3-10,13-15H,11-12H2,1-2H3,(H3,25,26,27,28,29,30). The van der Waals surface area contributed by atoms with E-state index in [1.807, 2.05) is 44.4 Å². The Morgan fingerprint density at radius 2 is 1.84 bits per heavy atom. The Labute approximate surface area is 185 Å². The lowest BCUT2D eigenvalue weighted by molar-refractivity contribution is 0.425. The van der Waals surface area contributed by atoms with Gasteiger partial charge in [-0.2, -0.15) is 5.10 Å². The van der Waals surface area contributed by atoms with E-state index in [1.54, 1.807) is 24.5 Å². The first-order chi connectivity index (χ1) is 15.5. The molecular weight excluding hydrogens is 409 g/mol. The van der Waals surface area contributed by atoms with Crippen LogP contribution in [0.25, 0.3) is 23.6 Å². The molecule has 3 heterocycles. The van der Waals surface area contributed by atoms with Gasteiger partial charge in [0.05, 0.1) is 6.26 Å². The molecule has 4 aromatic rings. The molecule has 0 saturated heterocycles. The number of furan rings is 1. The highest BCUT2D eigenvalue weighted by Gasteiger charge is 2.09. The van der Waals surface area contributed by atoms with Gasteiger partial charge in [-0.15, -0.1) is 0 Å². The van der Waals surface area contributed by atoms with Gasteiger partial charge in [-0.1, -0.05) is 18.2 Å². The number of benzene rings is 1. The molecule has 0 atom stereocenters. The second-order valence-electron chi connectivity index (χ2n) is 7.38. The van der Waals surface area contributed by atoms with Crippen molar-refractivity contribution >= 4 is 29.6 Å². The van der Waals surface area contributed by atoms with E-state index in [1.165, 1.54) is 12.1 Å². The predicted octanol–water partition coefficient (Wildman–Crippen LogP) is 4.49. The first kappa shape index (κ1) is 21.3. The Morgan fingerprint density at radius 1 is 1.03 bits per heavy atom. The zero-order valence-corrected chi connectivity index (χ0v) is 17.8. The first-order valence-corrected chi connectivity index (χ1v) is 10.1. The number of rotatable bonds is 9. The van der Waals surface area contributed by atoms with Crippen molar-refractivity contribution in [3.8, 4) is 11.5 Å². The number of likely N-dealkylation sites (N-methyl/N-ethyl adjacent to an activating group) is 1. The number of hydrogen-bond donors (Lipinski definition) is 3. The third-order valence-corrected chi connectivity index (χ3v) is 4.52. The minimum absolute atomic E-state index is 0.273. The summed E-state index contributed by atoms with van der Waals surface area (Å²) in [6.45, 7) is 1.59. The quantitative estimate of drug-likeness (QED) is 0.358. The van der Waals surface area contributed by atoms with Gasteiger partial charge in [-0.25, -0.2) is 14.4 Å². The summed E-state index contributed by atoms with van der Waals surface area (Å²) < 4.78 is 18.5. The Bertz CT molecular complexity index is 1170. The Hall–Kier alpha value is -3.98. The second kappa shape index (κ2) is 9.88. The molecule has 9 heteroatoms. The van der Waals surface area contributed by atoms with Crippen LogP contribution in [0.1, 0.15) is 11.4 Å². The molecule has 0 bridgehead atoms. The minimum Gasteiger partial charge on any atom is -0.463 e. The zero-order chi connectivity index (χ0) is 22.3. The number of H-pyrrole nitrogens is 1. The maximum atomic E-state index is 13.1. The Balaban J connectivity index is 1.55. The van der Waals surface area contributed by atoms with Crippen LogP contribution in [0.5, 0.6) is 0 Å². The molecule has 0 fully saturated rings. The lowest BCUT2D eigenvalue weighted by Gasteiger charge is -2.12. The molecule has 0 spiro atoms. The molecule has 0 saturated carbocycles. The first-order valence-electron chi connectivity index (χ1n) is 10.1. The molecule has 3 aromatic heterocycles. The molecule has 1 aromatic carbocycles. The van der Waals surface area contributed by atoms with Crippen LogP contribution in [-0.2, 0) is 0 Å². The summed E-state index contributed by atoms with van der Waals surface area (Å²) in [5, 5.41) is 13.7. The lowest BCUT2D eigenvalue weighted by atomic mass is 10.2. The summed E-state index contributed by atoms with van der Waals surface area (Å²) >= 11 is 0. The van der Waals surface area contributed by atoms with E-state index in [0.717, 1.165) is 24.3 Å². The van der Waals surface area contributed by atoms with Gasteiger partial charge in [0.2, 0.25) is 0 Å². The van der Waals surface area contributed by atoms with E-state index in [0.29, 0.717) is 29.0 Å². The van der Waals surface area contributed by atoms with Gasteiger partial charge >= 0.3 is 0 Å². The van der Waals surface area contributed by atoms with Crippen molar-refractivity contribution in [2.45, 2.75) is 0 Å². The molecule has 0 unspecified atom stereocenters. The Kier molecular flexibility index (Phi) is 6.57. The molecule has 32 heavy (non-hydrogen) atoms. The fraction of sp³-hybridized carbons (Fsp3) is 0.174. The Morgan fingerprint density at radius 3 is 2.59 bits per heavy atom. The van der Waals surface area contributed by atoms with Crippen LogP contribution < -0.4 is 10.6 Å². The van der Waals surface area contributed by atoms with Crippen LogP contribution in [0.4, 0.5) is 21.8 Å². The summed E-state index contributed by atoms with van der Waals surface area (Å²) in [6, 6.07) is 13.6. The largest absolute Gasteiger partial charge is 0.463 e. The van der Waals surface area contributed by atoms with Crippen molar-refractivity contribution in [2.75, 3.05) is 37.8 Å². The zero-order valence-electron chi connectivity index (χ0n) is 17.8. The number of aromatic nitrogens is 4. The number of nitrogens with zero attached hydrogens (tertiary/aromatic N) is 4. The van der Waals surface area contributed by atoms with Crippen molar-refractivity contribution < 1.29 is 8.81 Å². The van der Waals surface area contributed by atoms with Crippen LogP contribution in [-0.4, -0.2) is 52.3 Å². The number of halogens is 1.